The predicted molar refractivity (Wildman–Crippen MR) is 83.7 cm³/mol. The van der Waals surface area contributed by atoms with Crippen LogP contribution in [0.5, 0.6) is 0 Å². The van der Waals surface area contributed by atoms with Gasteiger partial charge in [0.1, 0.15) is 0 Å². The molecule has 4 heteroatoms. The van der Waals surface area contributed by atoms with E-state index in [0.717, 1.165) is 30.1 Å². The van der Waals surface area contributed by atoms with Crippen molar-refractivity contribution in [3.63, 3.8) is 0 Å². The Morgan fingerprint density at radius 3 is 2.63 bits per heavy atom. The van der Waals surface area contributed by atoms with Gasteiger partial charge in [0.15, 0.2) is 0 Å². The second kappa shape index (κ2) is 7.06. The topological polar surface area (TPSA) is 29.3 Å². The van der Waals surface area contributed by atoms with Gasteiger partial charge in [0.25, 0.3) is 0 Å². The Labute approximate surface area is 123 Å². The highest BCUT2D eigenvalue weighted by molar-refractivity contribution is 7.07. The second-order valence-electron chi connectivity index (χ2n) is 4.82. The van der Waals surface area contributed by atoms with Gasteiger partial charge in [0.05, 0.1) is 0 Å². The highest BCUT2D eigenvalue weighted by Crippen LogP contribution is 2.18. The van der Waals surface area contributed by atoms with Crippen LogP contribution in [0, 0.1) is 0 Å². The maximum atomic E-state index is 6.20. The molecule has 0 saturated heterocycles. The van der Waals surface area contributed by atoms with E-state index in [2.05, 4.69) is 28.8 Å². The first-order valence-electron chi connectivity index (χ1n) is 6.36. The molecule has 1 unspecified atom stereocenters. The van der Waals surface area contributed by atoms with E-state index in [-0.39, 0.29) is 6.04 Å². The van der Waals surface area contributed by atoms with E-state index in [1.807, 2.05) is 24.3 Å². The van der Waals surface area contributed by atoms with Crippen LogP contribution in [0.1, 0.15) is 23.6 Å². The maximum absolute atomic E-state index is 6.20. The van der Waals surface area contributed by atoms with E-state index in [9.17, 15) is 0 Å². The summed E-state index contributed by atoms with van der Waals surface area (Å²) in [5.74, 6) is 0. The number of thiophene rings is 1. The van der Waals surface area contributed by atoms with Crippen molar-refractivity contribution in [2.75, 3.05) is 13.6 Å². The maximum Gasteiger partial charge on any atom is 0.0406 e. The van der Waals surface area contributed by atoms with Crippen LogP contribution in [0.4, 0.5) is 0 Å². The van der Waals surface area contributed by atoms with Crippen LogP contribution in [0.2, 0.25) is 5.02 Å². The number of nitrogens with two attached hydrogens (primary N) is 1. The van der Waals surface area contributed by atoms with Crippen LogP contribution in [0.25, 0.3) is 0 Å². The summed E-state index contributed by atoms with van der Waals surface area (Å²) in [5, 5.41) is 5.06. The fourth-order valence-corrected chi connectivity index (χ4v) is 2.80. The van der Waals surface area contributed by atoms with E-state index < -0.39 is 0 Å². The Balaban J connectivity index is 1.79. The standard InChI is InChI=1S/C15H19ClN2S/c1-18(10-12-7-9-19-11-12)8-6-15(17)13-2-4-14(16)5-3-13/h2-5,7,9,11,15H,6,8,10,17H2,1H3. The van der Waals surface area contributed by atoms with Gasteiger partial charge in [-0.25, -0.2) is 0 Å². The molecule has 2 nitrogen and oxygen atoms in total. The van der Waals surface area contributed by atoms with Gasteiger partial charge in [-0.05, 0) is 60.1 Å². The minimum Gasteiger partial charge on any atom is -0.324 e. The van der Waals surface area contributed by atoms with Crippen molar-refractivity contribution in [2.45, 2.75) is 19.0 Å². The molecule has 2 rings (SSSR count). The van der Waals surface area contributed by atoms with Crippen molar-refractivity contribution in [3.8, 4) is 0 Å². The molecule has 0 aliphatic rings. The first-order valence-corrected chi connectivity index (χ1v) is 7.68. The van der Waals surface area contributed by atoms with Crippen LogP contribution >= 0.6 is 22.9 Å². The minimum atomic E-state index is 0.0715. The average molecular weight is 295 g/mol. The average Bonchev–Trinajstić information content (AvgIpc) is 2.89. The molecule has 1 atom stereocenters. The molecule has 102 valence electrons. The molecular weight excluding hydrogens is 276 g/mol. The highest BCUT2D eigenvalue weighted by Gasteiger charge is 2.08. The molecule has 0 fully saturated rings. The summed E-state index contributed by atoms with van der Waals surface area (Å²) in [6, 6.07) is 10.0. The molecule has 1 aromatic carbocycles. The molecule has 19 heavy (non-hydrogen) atoms. The van der Waals surface area contributed by atoms with Gasteiger partial charge < -0.3 is 10.6 Å². The molecule has 0 radical (unpaired) electrons. The summed E-state index contributed by atoms with van der Waals surface area (Å²) in [6.45, 7) is 1.97. The third kappa shape index (κ3) is 4.62. The number of nitrogens with zero attached hydrogens (tertiary/aromatic N) is 1. The molecule has 0 saturated carbocycles. The van der Waals surface area contributed by atoms with Crippen molar-refractivity contribution in [1.82, 2.24) is 4.90 Å². The molecule has 2 aromatic rings. The normalized spacial score (nSPS) is 12.8. The third-order valence-corrected chi connectivity index (χ3v) is 4.14. The monoisotopic (exact) mass is 294 g/mol. The lowest BCUT2D eigenvalue weighted by molar-refractivity contribution is 0.312. The van der Waals surface area contributed by atoms with Crippen LogP contribution < -0.4 is 5.73 Å². The summed E-state index contributed by atoms with van der Waals surface area (Å²) in [5.41, 5.74) is 8.71. The number of rotatable bonds is 6. The third-order valence-electron chi connectivity index (χ3n) is 3.15. The molecule has 2 N–H and O–H groups in total. The Morgan fingerprint density at radius 2 is 2.00 bits per heavy atom. The molecular formula is C15H19ClN2S. The molecule has 1 aromatic heterocycles. The number of benzene rings is 1. The van der Waals surface area contributed by atoms with Crippen LogP contribution in [-0.2, 0) is 6.54 Å². The Morgan fingerprint density at radius 1 is 1.26 bits per heavy atom. The Kier molecular flexibility index (Phi) is 5.40. The smallest absolute Gasteiger partial charge is 0.0406 e. The first kappa shape index (κ1) is 14.5. The van der Waals surface area contributed by atoms with E-state index >= 15 is 0 Å². The summed E-state index contributed by atoms with van der Waals surface area (Å²) >= 11 is 7.62. The quantitative estimate of drug-likeness (QED) is 0.875. The molecule has 0 bridgehead atoms. The van der Waals surface area contributed by atoms with Crippen LogP contribution in [0.15, 0.2) is 41.1 Å². The van der Waals surface area contributed by atoms with E-state index in [0.29, 0.717) is 0 Å². The summed E-state index contributed by atoms with van der Waals surface area (Å²) in [6.07, 6.45) is 0.947. The van der Waals surface area contributed by atoms with Gasteiger partial charge in [-0.1, -0.05) is 23.7 Å². The molecule has 0 aliphatic carbocycles. The largest absolute Gasteiger partial charge is 0.324 e. The molecule has 0 spiro atoms. The fourth-order valence-electron chi connectivity index (χ4n) is 2.01. The number of hydrogen-bond donors (Lipinski definition) is 1. The minimum absolute atomic E-state index is 0.0715. The van der Waals surface area contributed by atoms with Crippen LogP contribution in [0.3, 0.4) is 0 Å². The summed E-state index contributed by atoms with van der Waals surface area (Å²) < 4.78 is 0. The van der Waals surface area contributed by atoms with E-state index in [1.165, 1.54) is 5.56 Å². The SMILES string of the molecule is CN(CCC(N)c1ccc(Cl)cc1)Cc1ccsc1. The Bertz CT molecular complexity index is 481. The Hall–Kier alpha value is -0.870. The first-order chi connectivity index (χ1) is 9.15. The van der Waals surface area contributed by atoms with E-state index in [4.69, 9.17) is 17.3 Å². The zero-order valence-corrected chi connectivity index (χ0v) is 12.6. The number of hydrogen-bond acceptors (Lipinski definition) is 3. The van der Waals surface area contributed by atoms with Crippen molar-refractivity contribution >= 4 is 22.9 Å². The highest BCUT2D eigenvalue weighted by atomic mass is 35.5. The van der Waals surface area contributed by atoms with Gasteiger partial charge in [0, 0.05) is 17.6 Å². The number of halogens is 1. The van der Waals surface area contributed by atoms with Gasteiger partial charge >= 0.3 is 0 Å². The lowest BCUT2D eigenvalue weighted by atomic mass is 10.0. The van der Waals surface area contributed by atoms with Crippen LogP contribution in [-0.4, -0.2) is 18.5 Å². The van der Waals surface area contributed by atoms with E-state index in [1.54, 1.807) is 11.3 Å². The molecule has 0 amide bonds. The van der Waals surface area contributed by atoms with Crippen molar-refractivity contribution in [3.05, 3.63) is 57.2 Å². The van der Waals surface area contributed by atoms with Crippen molar-refractivity contribution in [2.24, 2.45) is 5.73 Å². The molecule has 0 aliphatic heterocycles. The zero-order valence-electron chi connectivity index (χ0n) is 11.1. The van der Waals surface area contributed by atoms with Crippen molar-refractivity contribution < 1.29 is 0 Å². The summed E-state index contributed by atoms with van der Waals surface area (Å²) in [4.78, 5) is 2.30. The summed E-state index contributed by atoms with van der Waals surface area (Å²) in [7, 11) is 2.13. The lowest BCUT2D eigenvalue weighted by Gasteiger charge is -2.19. The van der Waals surface area contributed by atoms with Gasteiger partial charge in [-0.3, -0.25) is 0 Å². The van der Waals surface area contributed by atoms with Gasteiger partial charge in [-0.15, -0.1) is 0 Å². The zero-order chi connectivity index (χ0) is 13.7. The predicted octanol–water partition coefficient (Wildman–Crippen LogP) is 3.92. The molecule has 1 heterocycles. The lowest BCUT2D eigenvalue weighted by Crippen LogP contribution is -2.23. The second-order valence-corrected chi connectivity index (χ2v) is 6.03. The van der Waals surface area contributed by atoms with Gasteiger partial charge in [-0.2, -0.15) is 11.3 Å². The van der Waals surface area contributed by atoms with Crippen molar-refractivity contribution in [1.29, 1.82) is 0 Å². The van der Waals surface area contributed by atoms with Gasteiger partial charge in [0.2, 0.25) is 0 Å². The fraction of sp³-hybridized carbons (Fsp3) is 0.333.